The molecule has 234 valence electrons. The van der Waals surface area contributed by atoms with Gasteiger partial charge in [-0.15, -0.1) is 11.3 Å². The van der Waals surface area contributed by atoms with Gasteiger partial charge in [-0.05, 0) is 84.8 Å². The molecule has 2 aromatic carbocycles. The molecular weight excluding hydrogens is 602 g/mol. The first-order chi connectivity index (χ1) is 21.0. The maximum atomic E-state index is 13.6. The fraction of sp³-hybridized carbons (Fsp3) is 0.406. The number of nitrogens with one attached hydrogen (secondary N) is 4. The maximum Gasteiger partial charge on any atom is 0.280 e. The molecule has 3 aromatic rings. The predicted molar refractivity (Wildman–Crippen MR) is 173 cm³/mol. The Labute approximate surface area is 263 Å². The molecule has 4 rings (SSSR count). The van der Waals surface area contributed by atoms with Crippen molar-refractivity contribution in [1.29, 1.82) is 5.41 Å². The third-order valence-corrected chi connectivity index (χ3v) is 9.75. The highest BCUT2D eigenvalue weighted by atomic mass is 32.2. The molecule has 3 amide bonds. The first-order valence-corrected chi connectivity index (χ1v) is 16.9. The largest absolute Gasteiger partial charge is 0.615 e. The van der Waals surface area contributed by atoms with Crippen LogP contribution in [0.5, 0.6) is 0 Å². The number of aromatic nitrogens is 1. The third kappa shape index (κ3) is 9.70. The van der Waals surface area contributed by atoms with Crippen molar-refractivity contribution in [3.8, 4) is 0 Å². The predicted octanol–water partition coefficient (Wildman–Crippen LogP) is 4.95. The van der Waals surface area contributed by atoms with E-state index in [1.165, 1.54) is 35.6 Å². The molecule has 1 aromatic heterocycles. The van der Waals surface area contributed by atoms with Crippen LogP contribution in [-0.2, 0) is 26.5 Å². The molecule has 1 saturated carbocycles. The Bertz CT molecular complexity index is 1540. The molecular formula is C32H38FN5O4S2. The van der Waals surface area contributed by atoms with E-state index in [4.69, 9.17) is 5.41 Å². The van der Waals surface area contributed by atoms with Crippen LogP contribution in [0.15, 0.2) is 54.1 Å². The minimum atomic E-state index is -1.79. The lowest BCUT2D eigenvalue weighted by atomic mass is 10.0. The standard InChI is InChI=1S/C32H38FN5O4S2/c1-4-20(14-24(34)13-19(2)3)16-35-30(40)22-7-12-27-26(15-22)38-32(43-27)29(31(41)36-17-28(39)37-25-10-11-25)44(42)18-21-5-8-23(33)9-6-21/h5-9,12,14-15,19,25,29,34H,4,10-11,13,16-18H2,1-3H3,(H,35,40)(H,36,41)(H,37,39)/b20-14+,34-24?. The molecule has 2 unspecified atom stereocenters. The van der Waals surface area contributed by atoms with Crippen LogP contribution in [0.2, 0.25) is 0 Å². The van der Waals surface area contributed by atoms with E-state index in [0.29, 0.717) is 52.4 Å². The molecule has 44 heavy (non-hydrogen) atoms. The summed E-state index contributed by atoms with van der Waals surface area (Å²) in [5.41, 5.74) is 2.93. The van der Waals surface area contributed by atoms with E-state index in [-0.39, 0.29) is 35.2 Å². The highest BCUT2D eigenvalue weighted by Gasteiger charge is 2.36. The Morgan fingerprint density at radius 3 is 2.52 bits per heavy atom. The van der Waals surface area contributed by atoms with Crippen LogP contribution in [0.25, 0.3) is 10.2 Å². The summed E-state index contributed by atoms with van der Waals surface area (Å²) in [6.45, 7) is 6.16. The quantitative estimate of drug-likeness (QED) is 0.137. The number of fused-ring (bicyclic) bond motifs is 1. The summed E-state index contributed by atoms with van der Waals surface area (Å²) in [4.78, 5) is 43.1. The van der Waals surface area contributed by atoms with Gasteiger partial charge >= 0.3 is 0 Å². The first-order valence-electron chi connectivity index (χ1n) is 14.7. The average Bonchev–Trinajstić information content (AvgIpc) is 3.69. The van der Waals surface area contributed by atoms with Crippen LogP contribution in [0.1, 0.15) is 72.6 Å². The number of benzene rings is 2. The van der Waals surface area contributed by atoms with Crippen LogP contribution in [-0.4, -0.2) is 52.1 Å². The van der Waals surface area contributed by atoms with Gasteiger partial charge in [0.2, 0.25) is 11.2 Å². The lowest BCUT2D eigenvalue weighted by Gasteiger charge is -2.19. The Morgan fingerprint density at radius 2 is 1.86 bits per heavy atom. The highest BCUT2D eigenvalue weighted by molar-refractivity contribution is 7.91. The van der Waals surface area contributed by atoms with Crippen LogP contribution in [0, 0.1) is 17.1 Å². The second kappa shape index (κ2) is 15.4. The molecule has 0 bridgehead atoms. The molecule has 4 N–H and O–H groups in total. The van der Waals surface area contributed by atoms with Crippen molar-refractivity contribution in [1.82, 2.24) is 20.9 Å². The van der Waals surface area contributed by atoms with E-state index in [0.717, 1.165) is 18.4 Å². The van der Waals surface area contributed by atoms with Crippen molar-refractivity contribution in [3.63, 3.8) is 0 Å². The summed E-state index contributed by atoms with van der Waals surface area (Å²) in [5.74, 6) is -1.28. The molecule has 0 radical (unpaired) electrons. The Balaban J connectivity index is 1.51. The number of carbonyl (C=O) groups excluding carboxylic acids is 3. The van der Waals surface area contributed by atoms with Crippen LogP contribution in [0.4, 0.5) is 4.39 Å². The first kappa shape index (κ1) is 33.3. The van der Waals surface area contributed by atoms with Crippen LogP contribution >= 0.6 is 11.3 Å². The number of thiazole rings is 1. The SMILES string of the molecule is CC/C(=C\C(=N)CC(C)C)CNC(=O)c1ccc2sc(C(C(=O)NCC(=O)NC3CC3)[S+]([O-])Cc3ccc(F)cc3)nc2c1. The highest BCUT2D eigenvalue weighted by Crippen LogP contribution is 2.33. The average molecular weight is 640 g/mol. The maximum absolute atomic E-state index is 13.6. The third-order valence-electron chi connectivity index (χ3n) is 6.92. The zero-order valence-electron chi connectivity index (χ0n) is 25.1. The van der Waals surface area contributed by atoms with Crippen molar-refractivity contribution >= 4 is 56.2 Å². The second-order valence-electron chi connectivity index (χ2n) is 11.3. The Kier molecular flexibility index (Phi) is 11.7. The van der Waals surface area contributed by atoms with Gasteiger partial charge in [0.05, 0.1) is 16.8 Å². The number of hydrogen-bond acceptors (Lipinski definition) is 7. The summed E-state index contributed by atoms with van der Waals surface area (Å²) >= 11 is -0.596. The minimum Gasteiger partial charge on any atom is -0.615 e. The van der Waals surface area contributed by atoms with Crippen molar-refractivity contribution in [2.45, 2.75) is 63.5 Å². The summed E-state index contributed by atoms with van der Waals surface area (Å²) in [6, 6.07) is 10.7. The van der Waals surface area contributed by atoms with Crippen molar-refractivity contribution in [2.24, 2.45) is 5.92 Å². The molecule has 2 atom stereocenters. The monoisotopic (exact) mass is 639 g/mol. The van der Waals surface area contributed by atoms with E-state index < -0.39 is 28.2 Å². The van der Waals surface area contributed by atoms with Gasteiger partial charge in [0.1, 0.15) is 11.6 Å². The minimum absolute atomic E-state index is 0.0157. The number of hydrogen-bond donors (Lipinski definition) is 4. The molecule has 9 nitrogen and oxygen atoms in total. The fourth-order valence-electron chi connectivity index (χ4n) is 4.46. The molecule has 0 saturated heterocycles. The Morgan fingerprint density at radius 1 is 1.14 bits per heavy atom. The van der Waals surface area contributed by atoms with Crippen molar-refractivity contribution < 1.29 is 23.3 Å². The lowest BCUT2D eigenvalue weighted by Crippen LogP contribution is -2.41. The number of halogens is 1. The molecule has 0 spiro atoms. The molecule has 1 aliphatic rings. The summed E-state index contributed by atoms with van der Waals surface area (Å²) in [7, 11) is 0. The topological polar surface area (TPSA) is 147 Å². The number of rotatable bonds is 15. The number of nitrogens with zero attached hydrogens (tertiary/aromatic N) is 1. The van der Waals surface area contributed by atoms with Gasteiger partial charge in [-0.1, -0.05) is 32.9 Å². The van der Waals surface area contributed by atoms with Gasteiger partial charge in [0.25, 0.3) is 11.8 Å². The lowest BCUT2D eigenvalue weighted by molar-refractivity contribution is -0.126. The number of amides is 3. The molecule has 0 aliphatic heterocycles. The molecule has 1 heterocycles. The van der Waals surface area contributed by atoms with Gasteiger partial charge in [0.15, 0.2) is 5.01 Å². The van der Waals surface area contributed by atoms with E-state index in [1.54, 1.807) is 18.2 Å². The van der Waals surface area contributed by atoms with Crippen LogP contribution < -0.4 is 16.0 Å². The van der Waals surface area contributed by atoms with Gasteiger partial charge in [0, 0.05) is 29.4 Å². The molecule has 1 fully saturated rings. The van der Waals surface area contributed by atoms with E-state index >= 15 is 0 Å². The van der Waals surface area contributed by atoms with Crippen LogP contribution in [0.3, 0.4) is 0 Å². The van der Waals surface area contributed by atoms with E-state index in [2.05, 4.69) is 34.8 Å². The van der Waals surface area contributed by atoms with E-state index in [1.807, 2.05) is 13.0 Å². The molecule has 1 aliphatic carbocycles. The number of carbonyl (C=O) groups is 3. The van der Waals surface area contributed by atoms with Gasteiger partial charge in [-0.3, -0.25) is 14.4 Å². The zero-order chi connectivity index (χ0) is 31.8. The zero-order valence-corrected chi connectivity index (χ0v) is 26.7. The summed E-state index contributed by atoms with van der Waals surface area (Å²) < 4.78 is 27.7. The van der Waals surface area contributed by atoms with Gasteiger partial charge in [-0.25, -0.2) is 9.37 Å². The smallest absolute Gasteiger partial charge is 0.280 e. The number of allylic oxidation sites excluding steroid dienone is 1. The van der Waals surface area contributed by atoms with Gasteiger partial charge < -0.3 is 25.9 Å². The normalized spacial score (nSPS) is 14.7. The summed E-state index contributed by atoms with van der Waals surface area (Å²) in [6.07, 6.45) is 5.02. The van der Waals surface area contributed by atoms with Gasteiger partial charge in [-0.2, -0.15) is 0 Å². The van der Waals surface area contributed by atoms with Crippen molar-refractivity contribution in [2.75, 3.05) is 13.1 Å². The van der Waals surface area contributed by atoms with Crippen molar-refractivity contribution in [3.05, 3.63) is 76.1 Å². The fourth-order valence-corrected chi connectivity index (χ4v) is 7.14. The Hall–Kier alpha value is -3.61. The molecule has 12 heteroatoms. The van der Waals surface area contributed by atoms with E-state index in [9.17, 15) is 23.3 Å². The summed E-state index contributed by atoms with van der Waals surface area (Å²) in [5, 5.41) is 15.6. The second-order valence-corrected chi connectivity index (χ2v) is 13.9.